The quantitative estimate of drug-likeness (QED) is 0.899. The van der Waals surface area contributed by atoms with E-state index in [2.05, 4.69) is 26.1 Å². The summed E-state index contributed by atoms with van der Waals surface area (Å²) in [6.45, 7) is 1.50. The first-order chi connectivity index (χ1) is 7.51. The number of carboxylic acids is 1. The van der Waals surface area contributed by atoms with Gasteiger partial charge in [-0.1, -0.05) is 5.16 Å². The highest BCUT2D eigenvalue weighted by Gasteiger charge is 2.42. The van der Waals surface area contributed by atoms with Crippen LogP contribution in [-0.4, -0.2) is 27.4 Å². The number of aromatic nitrogens is 1. The van der Waals surface area contributed by atoms with Crippen LogP contribution >= 0.6 is 15.9 Å². The van der Waals surface area contributed by atoms with E-state index in [1.807, 2.05) is 6.07 Å². The van der Waals surface area contributed by atoms with Crippen LogP contribution < -0.4 is 0 Å². The maximum absolute atomic E-state index is 10.9. The van der Waals surface area contributed by atoms with Crippen LogP contribution in [-0.2, 0) is 9.63 Å². The van der Waals surface area contributed by atoms with Gasteiger partial charge in [-0.3, -0.25) is 4.98 Å². The topological polar surface area (TPSA) is 71.8 Å². The van der Waals surface area contributed by atoms with Crippen molar-refractivity contribution >= 4 is 27.6 Å². The van der Waals surface area contributed by atoms with Crippen LogP contribution in [0.15, 0.2) is 28.1 Å². The number of carboxylic acid groups (broad SMARTS) is 1. The molecule has 0 fully saturated rings. The predicted octanol–water partition coefficient (Wildman–Crippen LogP) is 1.81. The van der Waals surface area contributed by atoms with E-state index in [0.717, 1.165) is 10.0 Å². The first-order valence-corrected chi connectivity index (χ1v) is 5.40. The van der Waals surface area contributed by atoms with Gasteiger partial charge in [0, 0.05) is 28.9 Å². The van der Waals surface area contributed by atoms with E-state index in [-0.39, 0.29) is 6.42 Å². The van der Waals surface area contributed by atoms with Gasteiger partial charge in [0.1, 0.15) is 0 Å². The van der Waals surface area contributed by atoms with Crippen molar-refractivity contribution in [3.8, 4) is 0 Å². The molecule has 1 aromatic rings. The van der Waals surface area contributed by atoms with Crippen molar-refractivity contribution in [3.05, 3.63) is 28.5 Å². The summed E-state index contributed by atoms with van der Waals surface area (Å²) in [6, 6.07) is 1.82. The Balaban J connectivity index is 2.24. The highest BCUT2D eigenvalue weighted by molar-refractivity contribution is 9.10. The smallest absolute Gasteiger partial charge is 0.351 e. The molecule has 1 atom stereocenters. The minimum absolute atomic E-state index is 0.237. The molecule has 2 heterocycles. The van der Waals surface area contributed by atoms with Crippen LogP contribution in [0, 0.1) is 0 Å². The van der Waals surface area contributed by atoms with Gasteiger partial charge in [-0.2, -0.15) is 0 Å². The minimum Gasteiger partial charge on any atom is -0.478 e. The van der Waals surface area contributed by atoms with Gasteiger partial charge in [-0.15, -0.1) is 0 Å². The van der Waals surface area contributed by atoms with Crippen molar-refractivity contribution in [2.24, 2.45) is 5.16 Å². The molecule has 0 spiro atoms. The zero-order valence-corrected chi connectivity index (χ0v) is 10.1. The zero-order valence-electron chi connectivity index (χ0n) is 8.48. The average Bonchev–Trinajstić information content (AvgIpc) is 2.62. The van der Waals surface area contributed by atoms with E-state index >= 15 is 0 Å². The summed E-state index contributed by atoms with van der Waals surface area (Å²) in [5.74, 6) is -1.02. The molecule has 2 rings (SSSR count). The van der Waals surface area contributed by atoms with Crippen molar-refractivity contribution < 1.29 is 14.7 Å². The normalized spacial score (nSPS) is 23.8. The van der Waals surface area contributed by atoms with Crippen molar-refractivity contribution in [1.82, 2.24) is 4.98 Å². The van der Waals surface area contributed by atoms with Crippen LogP contribution in [0.3, 0.4) is 0 Å². The molecule has 0 aliphatic carbocycles. The number of carbonyl (C=O) groups is 1. The van der Waals surface area contributed by atoms with Gasteiger partial charge in [0.05, 0.1) is 5.71 Å². The van der Waals surface area contributed by atoms with Gasteiger partial charge in [0.15, 0.2) is 0 Å². The van der Waals surface area contributed by atoms with E-state index in [0.29, 0.717) is 5.71 Å². The molecule has 0 amide bonds. The Kier molecular flexibility index (Phi) is 2.67. The molecule has 0 aromatic carbocycles. The van der Waals surface area contributed by atoms with Gasteiger partial charge in [-0.05, 0) is 28.9 Å². The Morgan fingerprint density at radius 2 is 2.38 bits per heavy atom. The van der Waals surface area contributed by atoms with Crippen LogP contribution in [0.4, 0.5) is 0 Å². The van der Waals surface area contributed by atoms with E-state index in [1.165, 1.54) is 6.92 Å². The summed E-state index contributed by atoms with van der Waals surface area (Å²) >= 11 is 3.29. The molecular formula is C10H9BrN2O3. The molecule has 1 aliphatic rings. The van der Waals surface area contributed by atoms with Crippen molar-refractivity contribution in [2.75, 3.05) is 0 Å². The number of hydrogen-bond donors (Lipinski definition) is 1. The van der Waals surface area contributed by atoms with Gasteiger partial charge in [-0.25, -0.2) is 4.79 Å². The number of hydrogen-bond acceptors (Lipinski definition) is 4. The molecule has 1 aromatic heterocycles. The van der Waals surface area contributed by atoms with Gasteiger partial charge >= 0.3 is 5.97 Å². The van der Waals surface area contributed by atoms with Crippen molar-refractivity contribution in [1.29, 1.82) is 0 Å². The van der Waals surface area contributed by atoms with E-state index in [4.69, 9.17) is 9.94 Å². The lowest BCUT2D eigenvalue weighted by Crippen LogP contribution is -2.35. The predicted molar refractivity (Wildman–Crippen MR) is 60.2 cm³/mol. The molecule has 6 heteroatoms. The second-order valence-electron chi connectivity index (χ2n) is 3.73. The van der Waals surface area contributed by atoms with Crippen LogP contribution in [0.5, 0.6) is 0 Å². The van der Waals surface area contributed by atoms with Gasteiger partial charge < -0.3 is 9.94 Å². The zero-order chi connectivity index (χ0) is 11.8. The summed E-state index contributed by atoms with van der Waals surface area (Å²) in [6.07, 6.45) is 3.51. The van der Waals surface area contributed by atoms with Gasteiger partial charge in [0.25, 0.3) is 0 Å². The third-order valence-corrected chi connectivity index (χ3v) is 2.79. The number of nitrogens with zero attached hydrogens (tertiary/aromatic N) is 2. The monoisotopic (exact) mass is 284 g/mol. The number of halogens is 1. The van der Waals surface area contributed by atoms with Crippen LogP contribution in [0.25, 0.3) is 0 Å². The van der Waals surface area contributed by atoms with Crippen molar-refractivity contribution in [2.45, 2.75) is 18.9 Å². The second kappa shape index (κ2) is 3.86. The fourth-order valence-corrected chi connectivity index (χ4v) is 1.74. The Hall–Kier alpha value is -1.43. The SMILES string of the molecule is CC1(C(=O)O)CC(c2cncc(Br)c2)=NO1. The van der Waals surface area contributed by atoms with Crippen molar-refractivity contribution in [3.63, 3.8) is 0 Å². The number of aliphatic carboxylic acids is 1. The molecule has 5 nitrogen and oxygen atoms in total. The van der Waals surface area contributed by atoms with Gasteiger partial charge in [0.2, 0.25) is 5.60 Å². The number of rotatable bonds is 2. The summed E-state index contributed by atoms with van der Waals surface area (Å²) < 4.78 is 0.816. The largest absolute Gasteiger partial charge is 0.478 e. The Labute approximate surface area is 100 Å². The first-order valence-electron chi connectivity index (χ1n) is 4.61. The lowest BCUT2D eigenvalue weighted by Gasteiger charge is -2.14. The summed E-state index contributed by atoms with van der Waals surface area (Å²) in [5, 5.41) is 12.8. The molecule has 0 saturated heterocycles. The third-order valence-electron chi connectivity index (χ3n) is 2.35. The maximum Gasteiger partial charge on any atom is 0.351 e. The summed E-state index contributed by atoms with van der Waals surface area (Å²) in [5.41, 5.74) is 0.0931. The Bertz CT molecular complexity index is 475. The molecule has 1 N–H and O–H groups in total. The van der Waals surface area contributed by atoms with Crippen LogP contribution in [0.2, 0.25) is 0 Å². The van der Waals surface area contributed by atoms with Crippen LogP contribution in [0.1, 0.15) is 18.9 Å². The lowest BCUT2D eigenvalue weighted by atomic mass is 9.97. The summed E-state index contributed by atoms with van der Waals surface area (Å²) in [4.78, 5) is 19.9. The maximum atomic E-state index is 10.9. The van der Waals surface area contributed by atoms with E-state index in [9.17, 15) is 4.79 Å². The molecule has 0 saturated carbocycles. The summed E-state index contributed by atoms with van der Waals surface area (Å²) in [7, 11) is 0. The first kappa shape index (κ1) is 11.1. The second-order valence-corrected chi connectivity index (χ2v) is 4.65. The highest BCUT2D eigenvalue weighted by Crippen LogP contribution is 2.27. The molecule has 0 radical (unpaired) electrons. The lowest BCUT2D eigenvalue weighted by molar-refractivity contribution is -0.160. The molecule has 84 valence electrons. The fourth-order valence-electron chi connectivity index (χ4n) is 1.38. The Morgan fingerprint density at radius 3 is 2.94 bits per heavy atom. The third kappa shape index (κ3) is 1.92. The number of pyridine rings is 1. The average molecular weight is 285 g/mol. The molecule has 16 heavy (non-hydrogen) atoms. The fraction of sp³-hybridized carbons (Fsp3) is 0.300. The standard InChI is InChI=1S/C10H9BrN2O3/c1-10(9(14)15)3-8(13-16-10)6-2-7(11)5-12-4-6/h2,4-5H,3H2,1H3,(H,14,15). The molecule has 1 unspecified atom stereocenters. The Morgan fingerprint density at radius 1 is 1.62 bits per heavy atom. The molecule has 1 aliphatic heterocycles. The molecule has 0 bridgehead atoms. The van der Waals surface area contributed by atoms with E-state index < -0.39 is 11.6 Å². The van der Waals surface area contributed by atoms with E-state index in [1.54, 1.807) is 12.4 Å². The molecular weight excluding hydrogens is 276 g/mol. The number of oxime groups is 1. The highest BCUT2D eigenvalue weighted by atomic mass is 79.9. The minimum atomic E-state index is -1.27.